The lowest BCUT2D eigenvalue weighted by atomic mass is 10.1. The molecule has 0 amide bonds. The third kappa shape index (κ3) is 6.89. The number of nitrogens with one attached hydrogen (secondary N) is 1. The molecule has 0 aliphatic carbocycles. The monoisotopic (exact) mass is 281 g/mol. The molecule has 0 aliphatic heterocycles. The van der Waals surface area contributed by atoms with Crippen LogP contribution in [0.1, 0.15) is 25.3 Å². The average Bonchev–Trinajstić information content (AvgIpc) is 2.49. The van der Waals surface area contributed by atoms with Gasteiger partial charge >= 0.3 is 0 Å². The molecule has 2 N–H and O–H groups in total. The molecule has 0 saturated carbocycles. The van der Waals surface area contributed by atoms with Crippen LogP contribution in [0.25, 0.3) is 0 Å². The van der Waals surface area contributed by atoms with Crippen molar-refractivity contribution in [3.63, 3.8) is 0 Å². The van der Waals surface area contributed by atoms with Crippen molar-refractivity contribution in [2.75, 3.05) is 33.5 Å². The molecule has 0 spiro atoms. The molecule has 1 atom stereocenters. The highest BCUT2D eigenvalue weighted by molar-refractivity contribution is 5.27. The summed E-state index contributed by atoms with van der Waals surface area (Å²) in [5, 5.41) is 12.5. The Bertz CT molecular complexity index is 340. The van der Waals surface area contributed by atoms with E-state index in [1.54, 1.807) is 7.11 Å². The first-order chi connectivity index (χ1) is 9.80. The largest absolute Gasteiger partial charge is 0.494 e. The van der Waals surface area contributed by atoms with Gasteiger partial charge in [-0.1, -0.05) is 19.1 Å². The Labute approximate surface area is 122 Å². The summed E-state index contributed by atoms with van der Waals surface area (Å²) in [6.07, 6.45) is 2.80. The average molecular weight is 281 g/mol. The van der Waals surface area contributed by atoms with Gasteiger partial charge in [0.1, 0.15) is 5.75 Å². The van der Waals surface area contributed by atoms with Crippen molar-refractivity contribution in [1.29, 1.82) is 0 Å². The van der Waals surface area contributed by atoms with Crippen LogP contribution >= 0.6 is 0 Å². The minimum atomic E-state index is 0.121. The molecule has 0 aromatic heterocycles. The highest BCUT2D eigenvalue weighted by atomic mass is 16.5. The van der Waals surface area contributed by atoms with Crippen molar-refractivity contribution in [1.82, 2.24) is 5.32 Å². The number of aliphatic hydroxyl groups excluding tert-OH is 1. The molecule has 0 radical (unpaired) electrons. The smallest absolute Gasteiger partial charge is 0.119 e. The van der Waals surface area contributed by atoms with E-state index in [1.165, 1.54) is 5.56 Å². The number of aliphatic hydroxyl groups is 1. The maximum Gasteiger partial charge on any atom is 0.119 e. The minimum absolute atomic E-state index is 0.121. The quantitative estimate of drug-likeness (QED) is 0.651. The molecule has 20 heavy (non-hydrogen) atoms. The van der Waals surface area contributed by atoms with Crippen LogP contribution in [-0.4, -0.2) is 44.6 Å². The Morgan fingerprint density at radius 3 is 2.55 bits per heavy atom. The van der Waals surface area contributed by atoms with E-state index in [2.05, 4.69) is 24.4 Å². The zero-order valence-corrected chi connectivity index (χ0v) is 12.6. The van der Waals surface area contributed by atoms with Crippen LogP contribution in [0.2, 0.25) is 0 Å². The molecule has 1 rings (SSSR count). The van der Waals surface area contributed by atoms with Crippen LogP contribution in [0.15, 0.2) is 24.3 Å². The number of rotatable bonds is 11. The molecule has 0 fully saturated rings. The molecule has 1 aromatic carbocycles. The van der Waals surface area contributed by atoms with E-state index >= 15 is 0 Å². The number of ether oxygens (including phenoxy) is 2. The molecule has 0 aliphatic rings. The van der Waals surface area contributed by atoms with Gasteiger partial charge in [-0.15, -0.1) is 0 Å². The lowest BCUT2D eigenvalue weighted by Gasteiger charge is -2.16. The molecule has 4 nitrogen and oxygen atoms in total. The van der Waals surface area contributed by atoms with E-state index in [4.69, 9.17) is 9.47 Å². The van der Waals surface area contributed by atoms with Gasteiger partial charge in [-0.3, -0.25) is 0 Å². The standard InChI is InChI=1S/C16H27NO3/c1-3-10-17-15(13-18)9-12-20-16-6-4-14(5-7-16)8-11-19-2/h4-7,15,17-18H,3,8-13H2,1-2H3. The van der Waals surface area contributed by atoms with Crippen molar-refractivity contribution in [2.45, 2.75) is 32.2 Å². The number of methoxy groups -OCH3 is 1. The molecule has 1 unspecified atom stereocenters. The fourth-order valence-electron chi connectivity index (χ4n) is 1.90. The summed E-state index contributed by atoms with van der Waals surface area (Å²) in [6.45, 7) is 4.54. The Kier molecular flexibility index (Phi) is 9.04. The van der Waals surface area contributed by atoms with Gasteiger partial charge in [0, 0.05) is 13.2 Å². The number of benzene rings is 1. The Hall–Kier alpha value is -1.10. The van der Waals surface area contributed by atoms with Crippen LogP contribution in [0.4, 0.5) is 0 Å². The maximum atomic E-state index is 9.24. The third-order valence-corrected chi connectivity index (χ3v) is 3.16. The predicted molar refractivity (Wildman–Crippen MR) is 81.3 cm³/mol. The van der Waals surface area contributed by atoms with E-state index in [0.717, 1.165) is 38.2 Å². The summed E-state index contributed by atoms with van der Waals surface area (Å²) in [4.78, 5) is 0. The van der Waals surface area contributed by atoms with Gasteiger partial charge in [0.2, 0.25) is 0 Å². The van der Waals surface area contributed by atoms with Crippen molar-refractivity contribution < 1.29 is 14.6 Å². The van der Waals surface area contributed by atoms with Gasteiger partial charge in [-0.05, 0) is 43.5 Å². The minimum Gasteiger partial charge on any atom is -0.494 e. The molecule has 0 saturated heterocycles. The SMILES string of the molecule is CCCNC(CO)CCOc1ccc(CCOC)cc1. The summed E-state index contributed by atoms with van der Waals surface area (Å²) in [5.74, 6) is 0.873. The van der Waals surface area contributed by atoms with E-state index in [-0.39, 0.29) is 12.6 Å². The predicted octanol–water partition coefficient (Wildman–Crippen LogP) is 2.00. The highest BCUT2D eigenvalue weighted by Crippen LogP contribution is 2.13. The topological polar surface area (TPSA) is 50.7 Å². The van der Waals surface area contributed by atoms with Gasteiger partial charge in [0.05, 0.1) is 19.8 Å². The first kappa shape index (κ1) is 17.0. The van der Waals surface area contributed by atoms with E-state index in [1.807, 2.05) is 12.1 Å². The molecule has 4 heteroatoms. The van der Waals surface area contributed by atoms with Crippen LogP contribution in [0.3, 0.4) is 0 Å². The highest BCUT2D eigenvalue weighted by Gasteiger charge is 2.06. The molecule has 0 heterocycles. The fourth-order valence-corrected chi connectivity index (χ4v) is 1.90. The Morgan fingerprint density at radius 2 is 1.95 bits per heavy atom. The van der Waals surface area contributed by atoms with Crippen LogP contribution in [0, 0.1) is 0 Å². The molecule has 1 aromatic rings. The first-order valence-corrected chi connectivity index (χ1v) is 7.35. The van der Waals surface area contributed by atoms with Gasteiger partial charge in [-0.25, -0.2) is 0 Å². The van der Waals surface area contributed by atoms with Crippen molar-refractivity contribution in [2.24, 2.45) is 0 Å². The van der Waals surface area contributed by atoms with Crippen molar-refractivity contribution in [3.8, 4) is 5.75 Å². The molecule has 0 bridgehead atoms. The lowest BCUT2D eigenvalue weighted by Crippen LogP contribution is -2.34. The van der Waals surface area contributed by atoms with E-state index in [9.17, 15) is 5.11 Å². The van der Waals surface area contributed by atoms with Crippen molar-refractivity contribution in [3.05, 3.63) is 29.8 Å². The normalized spacial score (nSPS) is 12.3. The van der Waals surface area contributed by atoms with Gasteiger partial charge in [-0.2, -0.15) is 0 Å². The third-order valence-electron chi connectivity index (χ3n) is 3.16. The zero-order valence-electron chi connectivity index (χ0n) is 12.6. The first-order valence-electron chi connectivity index (χ1n) is 7.35. The summed E-state index contributed by atoms with van der Waals surface area (Å²) < 4.78 is 10.7. The van der Waals surface area contributed by atoms with Crippen LogP contribution in [-0.2, 0) is 11.2 Å². The zero-order chi connectivity index (χ0) is 14.6. The van der Waals surface area contributed by atoms with Gasteiger partial charge in [0.15, 0.2) is 0 Å². The number of hydrogen-bond acceptors (Lipinski definition) is 4. The second-order valence-corrected chi connectivity index (χ2v) is 4.86. The van der Waals surface area contributed by atoms with E-state index in [0.29, 0.717) is 6.61 Å². The second kappa shape index (κ2) is 10.7. The molecule has 114 valence electrons. The van der Waals surface area contributed by atoms with Gasteiger partial charge < -0.3 is 19.9 Å². The summed E-state index contributed by atoms with van der Waals surface area (Å²) in [7, 11) is 1.71. The molecular formula is C16H27NO3. The van der Waals surface area contributed by atoms with Gasteiger partial charge in [0.25, 0.3) is 0 Å². The number of hydrogen-bond donors (Lipinski definition) is 2. The lowest BCUT2D eigenvalue weighted by molar-refractivity contribution is 0.202. The summed E-state index contributed by atoms with van der Waals surface area (Å²) >= 11 is 0. The Morgan fingerprint density at radius 1 is 1.20 bits per heavy atom. The second-order valence-electron chi connectivity index (χ2n) is 4.86. The fraction of sp³-hybridized carbons (Fsp3) is 0.625. The molecular weight excluding hydrogens is 254 g/mol. The van der Waals surface area contributed by atoms with Crippen LogP contribution in [0.5, 0.6) is 5.75 Å². The maximum absolute atomic E-state index is 9.24. The van der Waals surface area contributed by atoms with Crippen molar-refractivity contribution >= 4 is 0 Å². The van der Waals surface area contributed by atoms with Crippen LogP contribution < -0.4 is 10.1 Å². The summed E-state index contributed by atoms with van der Waals surface area (Å²) in [6, 6.07) is 8.22. The van der Waals surface area contributed by atoms with E-state index < -0.39 is 0 Å². The Balaban J connectivity index is 2.27. The summed E-state index contributed by atoms with van der Waals surface area (Å²) in [5.41, 5.74) is 1.25.